The van der Waals surface area contributed by atoms with Crippen molar-refractivity contribution in [1.82, 2.24) is 0 Å². The Balaban J connectivity index is -0.00000000500. The number of hydrogen-bond donors (Lipinski definition) is 0. The van der Waals surface area contributed by atoms with E-state index in [1.54, 1.807) is 0 Å². The smallest absolute Gasteiger partial charge is 0.512 e. The van der Waals surface area contributed by atoms with E-state index in [0.29, 0.717) is 0 Å². The van der Waals surface area contributed by atoms with E-state index in [9.17, 15) is 0 Å². The molecule has 0 aromatic heterocycles. The van der Waals surface area contributed by atoms with Crippen molar-refractivity contribution in [2.24, 2.45) is 0 Å². The van der Waals surface area contributed by atoms with Gasteiger partial charge in [-0.05, 0) is 0 Å². The maximum Gasteiger partial charge on any atom is 2.00 e. The first-order valence-corrected chi connectivity index (χ1v) is 0.894. The predicted molar refractivity (Wildman–Crippen MR) is 25.6 cm³/mol. The SMILES string of the molecule is [C-]#N.[C-]#N.[C-]#N.[C-]#N.[Ca+2].[Zn+2]. The van der Waals surface area contributed by atoms with Gasteiger partial charge in [-0.25, -0.2) is 0 Å². The molecular weight excluding hydrogens is 210 g/mol. The molecule has 6 heteroatoms. The van der Waals surface area contributed by atoms with Crippen LogP contribution in [0.4, 0.5) is 0 Å². The van der Waals surface area contributed by atoms with Crippen LogP contribution in [0.3, 0.4) is 0 Å². The quantitative estimate of drug-likeness (QED) is 0.414. The zero-order valence-electron chi connectivity index (χ0n) is 5.20. The molecule has 0 fully saturated rings. The molecule has 0 amide bonds. The van der Waals surface area contributed by atoms with Crippen LogP contribution in [0.2, 0.25) is 0 Å². The summed E-state index contributed by atoms with van der Waals surface area (Å²) in [5.74, 6) is 0. The fraction of sp³-hybridized carbons (Fsp3) is 0. The van der Waals surface area contributed by atoms with Gasteiger partial charge in [-0.2, -0.15) is 0 Å². The van der Waals surface area contributed by atoms with Gasteiger partial charge in [0.05, 0.1) is 0 Å². The zero-order chi connectivity index (χ0) is 8.00. The van der Waals surface area contributed by atoms with Crippen LogP contribution in [-0.4, -0.2) is 37.7 Å². The topological polar surface area (TPSA) is 95.2 Å². The van der Waals surface area contributed by atoms with E-state index in [1.807, 2.05) is 0 Å². The Hall–Kier alpha value is -0.157. The molecule has 0 N–H and O–H groups in total. The molecule has 0 aliphatic carbocycles. The van der Waals surface area contributed by atoms with Crippen molar-refractivity contribution in [2.45, 2.75) is 0 Å². The minimum Gasteiger partial charge on any atom is -0.512 e. The van der Waals surface area contributed by atoms with Crippen molar-refractivity contribution in [1.29, 1.82) is 21.0 Å². The van der Waals surface area contributed by atoms with E-state index in [-0.39, 0.29) is 57.2 Å². The summed E-state index contributed by atoms with van der Waals surface area (Å²) in [6.07, 6.45) is 0. The van der Waals surface area contributed by atoms with Gasteiger partial charge in [-0.3, -0.25) is 0 Å². The summed E-state index contributed by atoms with van der Waals surface area (Å²) < 4.78 is 0. The Bertz CT molecular complexity index is 60.2. The third kappa shape index (κ3) is 14900. The number of rotatable bonds is 0. The Morgan fingerprint density at radius 3 is 0.500 bits per heavy atom. The standard InChI is InChI=1S/4CN.Ca.Zn/c4*1-2;;/q4*-1;2*+2. The molecule has 0 rings (SSSR count). The summed E-state index contributed by atoms with van der Waals surface area (Å²) in [6.45, 7) is 19.0. The van der Waals surface area contributed by atoms with Crippen LogP contribution >= 0.6 is 0 Å². The van der Waals surface area contributed by atoms with Crippen molar-refractivity contribution in [3.8, 4) is 0 Å². The second kappa shape index (κ2) is 22100. The van der Waals surface area contributed by atoms with E-state index in [4.69, 9.17) is 47.3 Å². The first kappa shape index (κ1) is 52.1. The van der Waals surface area contributed by atoms with E-state index >= 15 is 0 Å². The minimum atomic E-state index is 0. The number of hydrogen-bond acceptors (Lipinski definition) is 4. The molecule has 0 saturated heterocycles. The van der Waals surface area contributed by atoms with Gasteiger partial charge >= 0.3 is 57.2 Å². The summed E-state index contributed by atoms with van der Waals surface area (Å²) in [5, 5.41) is 25.0. The molecule has 0 unspecified atom stereocenters. The molecule has 0 atom stereocenters. The van der Waals surface area contributed by atoms with Crippen LogP contribution in [0.5, 0.6) is 0 Å². The van der Waals surface area contributed by atoms with Crippen molar-refractivity contribution in [3.63, 3.8) is 0 Å². The molecule has 10 heavy (non-hydrogen) atoms. The summed E-state index contributed by atoms with van der Waals surface area (Å²) in [4.78, 5) is 0. The largest absolute Gasteiger partial charge is 2.00 e. The van der Waals surface area contributed by atoms with Crippen LogP contribution in [0.1, 0.15) is 0 Å². The zero-order valence-corrected chi connectivity index (χ0v) is 10.4. The first-order valence-electron chi connectivity index (χ1n) is 0.894. The molecular formula is C4CaN4Zn. The second-order valence-electron chi connectivity index (χ2n) is 0. The normalized spacial score (nSPS) is 0.800. The van der Waals surface area contributed by atoms with E-state index < -0.39 is 0 Å². The van der Waals surface area contributed by atoms with Gasteiger partial charge in [-0.1, -0.05) is 0 Å². The molecule has 0 aliphatic heterocycles. The molecule has 40 valence electrons. The molecule has 4 nitrogen and oxygen atoms in total. The average Bonchev–Trinajstić information content (AvgIpc) is 2.03. The van der Waals surface area contributed by atoms with Crippen LogP contribution in [0, 0.1) is 47.3 Å². The van der Waals surface area contributed by atoms with Crippen LogP contribution < -0.4 is 0 Å². The molecule has 0 saturated carbocycles. The summed E-state index contributed by atoms with van der Waals surface area (Å²) in [6, 6.07) is 0. The van der Waals surface area contributed by atoms with Gasteiger partial charge in [0, 0.05) is 0 Å². The third-order valence-corrected chi connectivity index (χ3v) is 0. The first-order chi connectivity index (χ1) is 4.00. The van der Waals surface area contributed by atoms with Gasteiger partial charge in [0.2, 0.25) is 0 Å². The molecule has 0 aromatic rings. The van der Waals surface area contributed by atoms with Crippen molar-refractivity contribution in [3.05, 3.63) is 26.3 Å². The van der Waals surface area contributed by atoms with Crippen molar-refractivity contribution in [2.75, 3.05) is 0 Å². The van der Waals surface area contributed by atoms with Crippen LogP contribution in [-0.2, 0) is 19.5 Å². The third-order valence-electron chi connectivity index (χ3n) is 0. The fourth-order valence-corrected chi connectivity index (χ4v) is 0. The van der Waals surface area contributed by atoms with Crippen LogP contribution in [0.15, 0.2) is 0 Å². The molecule has 0 aliphatic rings. The van der Waals surface area contributed by atoms with Gasteiger partial charge in [0.15, 0.2) is 0 Å². The van der Waals surface area contributed by atoms with Crippen LogP contribution in [0.25, 0.3) is 0 Å². The van der Waals surface area contributed by atoms with Gasteiger partial charge in [0.25, 0.3) is 0 Å². The summed E-state index contributed by atoms with van der Waals surface area (Å²) in [5.41, 5.74) is 0. The Labute approximate surface area is 103 Å². The molecule has 0 spiro atoms. The second-order valence-corrected chi connectivity index (χ2v) is 0. The monoisotopic (exact) mass is 208 g/mol. The van der Waals surface area contributed by atoms with E-state index in [0.717, 1.165) is 0 Å². The minimum absolute atomic E-state index is 0. The fourth-order valence-electron chi connectivity index (χ4n) is 0. The van der Waals surface area contributed by atoms with Gasteiger partial charge in [-0.15, -0.1) is 0 Å². The molecule has 0 heterocycles. The molecule has 0 radical (unpaired) electrons. The van der Waals surface area contributed by atoms with E-state index in [2.05, 4.69) is 0 Å². The summed E-state index contributed by atoms with van der Waals surface area (Å²) in [7, 11) is 0. The average molecular weight is 210 g/mol. The van der Waals surface area contributed by atoms with Gasteiger partial charge in [0.1, 0.15) is 0 Å². The Morgan fingerprint density at radius 2 is 0.500 bits per heavy atom. The van der Waals surface area contributed by atoms with Crippen molar-refractivity contribution < 1.29 is 19.5 Å². The summed E-state index contributed by atoms with van der Waals surface area (Å²) >= 11 is 0. The van der Waals surface area contributed by atoms with Gasteiger partial charge < -0.3 is 47.3 Å². The predicted octanol–water partition coefficient (Wildman–Crippen LogP) is 0.00218. The molecule has 0 bridgehead atoms. The van der Waals surface area contributed by atoms with Crippen molar-refractivity contribution >= 4 is 37.7 Å². The maximum atomic E-state index is 6.25. The Morgan fingerprint density at radius 1 is 0.500 bits per heavy atom. The van der Waals surface area contributed by atoms with E-state index in [1.165, 1.54) is 0 Å². The number of nitrogens with zero attached hydrogens (tertiary/aromatic N) is 4. The Kier molecular flexibility index (Phi) is 115000. The maximum absolute atomic E-state index is 6.25. The molecule has 0 aromatic carbocycles.